The van der Waals surface area contributed by atoms with Gasteiger partial charge in [0.15, 0.2) is 0 Å². The van der Waals surface area contributed by atoms with E-state index in [1.807, 2.05) is 19.1 Å². The highest BCUT2D eigenvalue weighted by Crippen LogP contribution is 2.57. The quantitative estimate of drug-likeness (QED) is 0.912. The molecule has 1 amide bonds. The van der Waals surface area contributed by atoms with Crippen molar-refractivity contribution in [2.75, 3.05) is 6.61 Å². The Morgan fingerprint density at radius 3 is 3.14 bits per heavy atom. The summed E-state index contributed by atoms with van der Waals surface area (Å²) in [6, 6.07) is 4.03. The number of H-pyrrole nitrogens is 1. The molecule has 22 heavy (non-hydrogen) atoms. The molecular formula is C17H21N3O2. The highest BCUT2D eigenvalue weighted by molar-refractivity contribution is 6.06. The van der Waals surface area contributed by atoms with Crippen LogP contribution in [0.2, 0.25) is 0 Å². The summed E-state index contributed by atoms with van der Waals surface area (Å²) in [7, 11) is 0. The van der Waals surface area contributed by atoms with Gasteiger partial charge in [0, 0.05) is 35.8 Å². The molecule has 5 heteroatoms. The molecular weight excluding hydrogens is 278 g/mol. The number of aromatic nitrogens is 2. The lowest BCUT2D eigenvalue weighted by Crippen LogP contribution is -2.67. The van der Waals surface area contributed by atoms with Crippen LogP contribution in [0.25, 0.3) is 11.0 Å². The van der Waals surface area contributed by atoms with Gasteiger partial charge in [-0.25, -0.2) is 4.98 Å². The van der Waals surface area contributed by atoms with E-state index in [2.05, 4.69) is 15.3 Å². The van der Waals surface area contributed by atoms with Gasteiger partial charge in [0.1, 0.15) is 5.65 Å². The fraction of sp³-hybridized carbons (Fsp3) is 0.529. The minimum Gasteiger partial charge on any atom is -0.378 e. The fourth-order valence-corrected chi connectivity index (χ4v) is 4.02. The number of nitrogens with one attached hydrogen (secondary N) is 2. The molecule has 2 aromatic heterocycles. The second kappa shape index (κ2) is 5.09. The van der Waals surface area contributed by atoms with Gasteiger partial charge in [-0.2, -0.15) is 0 Å². The Hall–Kier alpha value is -1.88. The first-order valence-electron chi connectivity index (χ1n) is 8.09. The number of rotatable bonds is 4. The SMILES string of the molecule is CCO[C@H]1C[C@H](NC(=O)c2c[nH]c3ncccc23)C12CCC2. The predicted octanol–water partition coefficient (Wildman–Crippen LogP) is 2.64. The Bertz CT molecular complexity index is 705. The number of hydrogen-bond donors (Lipinski definition) is 2. The van der Waals surface area contributed by atoms with E-state index in [0.717, 1.165) is 36.9 Å². The van der Waals surface area contributed by atoms with E-state index in [1.54, 1.807) is 12.4 Å². The molecule has 2 aromatic rings. The Labute approximate surface area is 129 Å². The second-order valence-electron chi connectivity index (χ2n) is 6.39. The van der Waals surface area contributed by atoms with E-state index in [9.17, 15) is 4.79 Å². The van der Waals surface area contributed by atoms with Gasteiger partial charge in [0.25, 0.3) is 5.91 Å². The van der Waals surface area contributed by atoms with E-state index < -0.39 is 0 Å². The van der Waals surface area contributed by atoms with Crippen LogP contribution in [0.3, 0.4) is 0 Å². The van der Waals surface area contributed by atoms with E-state index in [-0.39, 0.29) is 17.4 Å². The first-order chi connectivity index (χ1) is 10.7. The van der Waals surface area contributed by atoms with Crippen LogP contribution in [0.4, 0.5) is 0 Å². The molecule has 0 bridgehead atoms. The minimum atomic E-state index is -0.00882. The molecule has 2 fully saturated rings. The van der Waals surface area contributed by atoms with Crippen molar-refractivity contribution in [3.8, 4) is 0 Å². The molecule has 5 nitrogen and oxygen atoms in total. The summed E-state index contributed by atoms with van der Waals surface area (Å²) in [5.41, 5.74) is 1.62. The van der Waals surface area contributed by atoms with Crippen LogP contribution in [0.15, 0.2) is 24.5 Å². The Kier molecular flexibility index (Phi) is 3.18. The van der Waals surface area contributed by atoms with Gasteiger partial charge in [0.2, 0.25) is 0 Å². The number of carbonyl (C=O) groups excluding carboxylic acids is 1. The molecule has 0 aliphatic heterocycles. The molecule has 1 spiro atoms. The number of hydrogen-bond acceptors (Lipinski definition) is 3. The monoisotopic (exact) mass is 299 g/mol. The van der Waals surface area contributed by atoms with E-state index in [1.165, 1.54) is 6.42 Å². The third-order valence-electron chi connectivity index (χ3n) is 5.44. The lowest BCUT2D eigenvalue weighted by molar-refractivity contribution is -0.169. The van der Waals surface area contributed by atoms with Crippen LogP contribution in [0, 0.1) is 5.41 Å². The van der Waals surface area contributed by atoms with Crippen LogP contribution in [0.5, 0.6) is 0 Å². The van der Waals surface area contributed by atoms with Gasteiger partial charge in [-0.05, 0) is 38.3 Å². The number of pyridine rings is 1. The molecule has 0 radical (unpaired) electrons. The summed E-state index contributed by atoms with van der Waals surface area (Å²) in [6.07, 6.45) is 8.30. The first-order valence-corrected chi connectivity index (χ1v) is 8.09. The third kappa shape index (κ3) is 1.88. The van der Waals surface area contributed by atoms with Crippen molar-refractivity contribution in [3.63, 3.8) is 0 Å². The zero-order chi connectivity index (χ0) is 15.2. The average molecular weight is 299 g/mol. The topological polar surface area (TPSA) is 67.0 Å². The Morgan fingerprint density at radius 1 is 1.55 bits per heavy atom. The zero-order valence-corrected chi connectivity index (χ0v) is 12.8. The number of nitrogens with zero attached hydrogens (tertiary/aromatic N) is 1. The molecule has 0 aromatic carbocycles. The van der Waals surface area contributed by atoms with E-state index in [4.69, 9.17) is 4.74 Å². The molecule has 2 aliphatic rings. The molecule has 2 N–H and O–H groups in total. The van der Waals surface area contributed by atoms with Crippen LogP contribution in [-0.4, -0.2) is 34.6 Å². The summed E-state index contributed by atoms with van der Waals surface area (Å²) >= 11 is 0. The Morgan fingerprint density at radius 2 is 2.41 bits per heavy atom. The smallest absolute Gasteiger partial charge is 0.253 e. The Balaban J connectivity index is 1.51. The predicted molar refractivity (Wildman–Crippen MR) is 83.7 cm³/mol. The largest absolute Gasteiger partial charge is 0.378 e. The number of carbonyl (C=O) groups is 1. The standard InChI is InChI=1S/C17H21N3O2/c1-2-22-14-9-13(17(14)6-4-7-17)20-16(21)12-10-19-15-11(12)5-3-8-18-15/h3,5,8,10,13-14H,2,4,6-7,9H2,1H3,(H,18,19)(H,20,21)/t13-,14-/m0/s1. The normalized spacial score (nSPS) is 25.7. The summed E-state index contributed by atoms with van der Waals surface area (Å²) in [5.74, 6) is -0.00882. The van der Waals surface area contributed by atoms with Crippen molar-refractivity contribution in [3.05, 3.63) is 30.1 Å². The van der Waals surface area contributed by atoms with Gasteiger partial charge in [0.05, 0.1) is 11.7 Å². The van der Waals surface area contributed by atoms with Crippen molar-refractivity contribution in [1.29, 1.82) is 0 Å². The van der Waals surface area contributed by atoms with Crippen LogP contribution in [0.1, 0.15) is 43.0 Å². The summed E-state index contributed by atoms with van der Waals surface area (Å²) in [5, 5.41) is 4.10. The maximum absolute atomic E-state index is 12.6. The molecule has 2 heterocycles. The molecule has 0 saturated heterocycles. The lowest BCUT2D eigenvalue weighted by Gasteiger charge is -2.61. The van der Waals surface area contributed by atoms with Crippen LogP contribution >= 0.6 is 0 Å². The number of ether oxygens (including phenoxy) is 1. The molecule has 116 valence electrons. The molecule has 0 unspecified atom stereocenters. The van der Waals surface area contributed by atoms with Crippen molar-refractivity contribution in [2.24, 2.45) is 5.41 Å². The van der Waals surface area contributed by atoms with Crippen molar-refractivity contribution in [1.82, 2.24) is 15.3 Å². The summed E-state index contributed by atoms with van der Waals surface area (Å²) < 4.78 is 5.84. The van der Waals surface area contributed by atoms with Crippen LogP contribution in [-0.2, 0) is 4.74 Å². The number of fused-ring (bicyclic) bond motifs is 1. The van der Waals surface area contributed by atoms with Gasteiger partial charge >= 0.3 is 0 Å². The van der Waals surface area contributed by atoms with Crippen LogP contribution < -0.4 is 5.32 Å². The number of aromatic amines is 1. The molecule has 4 rings (SSSR count). The average Bonchev–Trinajstić information content (AvgIpc) is 2.88. The van der Waals surface area contributed by atoms with Gasteiger partial charge in [-0.15, -0.1) is 0 Å². The van der Waals surface area contributed by atoms with Crippen molar-refractivity contribution >= 4 is 16.9 Å². The van der Waals surface area contributed by atoms with E-state index >= 15 is 0 Å². The first kappa shape index (κ1) is 13.8. The molecule has 2 aliphatic carbocycles. The van der Waals surface area contributed by atoms with E-state index in [0.29, 0.717) is 11.7 Å². The van der Waals surface area contributed by atoms with Crippen molar-refractivity contribution in [2.45, 2.75) is 44.8 Å². The maximum atomic E-state index is 12.6. The minimum absolute atomic E-state index is 0.00882. The molecule has 2 atom stereocenters. The molecule has 2 saturated carbocycles. The highest BCUT2D eigenvalue weighted by atomic mass is 16.5. The highest BCUT2D eigenvalue weighted by Gasteiger charge is 2.59. The lowest BCUT2D eigenvalue weighted by atomic mass is 9.51. The fourth-order valence-electron chi connectivity index (χ4n) is 4.02. The second-order valence-corrected chi connectivity index (χ2v) is 6.39. The van der Waals surface area contributed by atoms with Gasteiger partial charge in [-0.3, -0.25) is 4.79 Å². The number of amides is 1. The van der Waals surface area contributed by atoms with Crippen molar-refractivity contribution < 1.29 is 9.53 Å². The van der Waals surface area contributed by atoms with Gasteiger partial charge < -0.3 is 15.0 Å². The zero-order valence-electron chi connectivity index (χ0n) is 12.8. The van der Waals surface area contributed by atoms with Gasteiger partial charge in [-0.1, -0.05) is 6.42 Å². The summed E-state index contributed by atoms with van der Waals surface area (Å²) in [4.78, 5) is 19.9. The summed E-state index contributed by atoms with van der Waals surface area (Å²) in [6.45, 7) is 2.79. The maximum Gasteiger partial charge on any atom is 0.253 e. The third-order valence-corrected chi connectivity index (χ3v) is 5.44.